The summed E-state index contributed by atoms with van der Waals surface area (Å²) in [6, 6.07) is -0.260. The highest BCUT2D eigenvalue weighted by Crippen LogP contribution is 2.19. The molecule has 0 bridgehead atoms. The van der Waals surface area contributed by atoms with Crippen LogP contribution in [0.3, 0.4) is 0 Å². The Hall–Kier alpha value is -0.780. The van der Waals surface area contributed by atoms with Crippen LogP contribution in [0.4, 0.5) is 13.2 Å². The Labute approximate surface area is 106 Å². The molecule has 2 atom stereocenters. The van der Waals surface area contributed by atoms with Gasteiger partial charge in [0.05, 0.1) is 6.04 Å². The summed E-state index contributed by atoms with van der Waals surface area (Å²) in [5, 5.41) is 3.08. The third-order valence-electron chi connectivity index (χ3n) is 3.09. The van der Waals surface area contributed by atoms with E-state index in [-0.39, 0.29) is 12.6 Å². The third-order valence-corrected chi connectivity index (χ3v) is 3.09. The minimum Gasteiger partial charge on any atom is -0.332 e. The van der Waals surface area contributed by atoms with Gasteiger partial charge in [0.25, 0.3) is 0 Å². The molecule has 6 heteroatoms. The number of alkyl halides is 3. The van der Waals surface area contributed by atoms with E-state index in [0.717, 1.165) is 17.7 Å². The monoisotopic (exact) mass is 266 g/mol. The number of piperidine rings is 1. The summed E-state index contributed by atoms with van der Waals surface area (Å²) in [5.41, 5.74) is 0. The number of hydrogen-bond acceptors (Lipinski definition) is 2. The Bertz CT molecular complexity index is 281. The molecule has 1 amide bonds. The van der Waals surface area contributed by atoms with Crippen LogP contribution in [0, 0.1) is 0 Å². The average molecular weight is 266 g/mol. The van der Waals surface area contributed by atoms with Crippen LogP contribution in [-0.4, -0.2) is 42.2 Å². The summed E-state index contributed by atoms with van der Waals surface area (Å²) in [6.45, 7) is 2.73. The molecule has 1 aliphatic rings. The van der Waals surface area contributed by atoms with E-state index in [9.17, 15) is 18.0 Å². The van der Waals surface area contributed by atoms with E-state index >= 15 is 0 Å². The van der Waals surface area contributed by atoms with Crippen molar-refractivity contribution in [2.24, 2.45) is 0 Å². The first-order valence-electron chi connectivity index (χ1n) is 6.45. The third kappa shape index (κ3) is 4.84. The Morgan fingerprint density at radius 3 is 2.56 bits per heavy atom. The maximum atomic E-state index is 12.4. The van der Waals surface area contributed by atoms with Crippen LogP contribution >= 0.6 is 0 Å². The van der Waals surface area contributed by atoms with Gasteiger partial charge in [-0.05, 0) is 32.6 Å². The van der Waals surface area contributed by atoms with E-state index in [1.54, 1.807) is 6.92 Å². The highest BCUT2D eigenvalue weighted by Gasteiger charge is 2.35. The van der Waals surface area contributed by atoms with Gasteiger partial charge in [-0.3, -0.25) is 4.79 Å². The van der Waals surface area contributed by atoms with Gasteiger partial charge in [-0.25, -0.2) is 0 Å². The first kappa shape index (κ1) is 15.3. The molecule has 1 rings (SSSR count). The summed E-state index contributed by atoms with van der Waals surface area (Å²) in [7, 11) is 0. The van der Waals surface area contributed by atoms with Gasteiger partial charge in [0.1, 0.15) is 6.54 Å². The Morgan fingerprint density at radius 2 is 2.06 bits per heavy atom. The van der Waals surface area contributed by atoms with Crippen molar-refractivity contribution in [2.75, 3.05) is 13.1 Å². The van der Waals surface area contributed by atoms with Crippen LogP contribution in [0.2, 0.25) is 0 Å². The molecule has 0 aromatic rings. The minimum atomic E-state index is -4.33. The molecule has 0 saturated carbocycles. The van der Waals surface area contributed by atoms with Crippen LogP contribution < -0.4 is 5.32 Å². The summed E-state index contributed by atoms with van der Waals surface area (Å²) < 4.78 is 37.3. The van der Waals surface area contributed by atoms with E-state index in [2.05, 4.69) is 5.32 Å². The normalized spacial score (nSPS) is 24.9. The van der Waals surface area contributed by atoms with E-state index < -0.39 is 24.7 Å². The molecule has 0 spiro atoms. The number of halogens is 3. The van der Waals surface area contributed by atoms with Crippen molar-refractivity contribution in [3.8, 4) is 0 Å². The number of carbonyl (C=O) groups is 1. The lowest BCUT2D eigenvalue weighted by molar-refractivity contribution is -0.163. The first-order chi connectivity index (χ1) is 8.33. The average Bonchev–Trinajstić information content (AvgIpc) is 2.26. The number of hydrogen-bond donors (Lipinski definition) is 1. The second-order valence-corrected chi connectivity index (χ2v) is 4.93. The van der Waals surface area contributed by atoms with Gasteiger partial charge < -0.3 is 10.2 Å². The summed E-state index contributed by atoms with van der Waals surface area (Å²) in [5.74, 6) is -0.416. The molecule has 3 nitrogen and oxygen atoms in total. The molecule has 0 aromatic heterocycles. The van der Waals surface area contributed by atoms with Crippen molar-refractivity contribution in [3.05, 3.63) is 0 Å². The molecular formula is C12H21F3N2O. The van der Waals surface area contributed by atoms with Crippen molar-refractivity contribution in [2.45, 2.75) is 57.8 Å². The van der Waals surface area contributed by atoms with Crippen molar-refractivity contribution in [3.63, 3.8) is 0 Å². The van der Waals surface area contributed by atoms with Gasteiger partial charge in [0, 0.05) is 12.6 Å². The van der Waals surface area contributed by atoms with Crippen molar-refractivity contribution in [1.29, 1.82) is 0 Å². The van der Waals surface area contributed by atoms with E-state index in [1.165, 1.54) is 0 Å². The maximum absolute atomic E-state index is 12.4. The molecule has 18 heavy (non-hydrogen) atoms. The molecule has 1 fully saturated rings. The molecule has 1 heterocycles. The van der Waals surface area contributed by atoms with Crippen molar-refractivity contribution < 1.29 is 18.0 Å². The molecule has 2 unspecified atom stereocenters. The topological polar surface area (TPSA) is 32.3 Å². The minimum absolute atomic E-state index is 0.158. The van der Waals surface area contributed by atoms with Gasteiger partial charge >= 0.3 is 6.18 Å². The standard InChI is InChI=1S/C12H21F3N2O/c1-3-7-17(8-12(13,14)15)11(18)10-6-4-5-9(2)16-10/h9-10,16H,3-8H2,1-2H3. The zero-order valence-electron chi connectivity index (χ0n) is 10.9. The molecule has 1 saturated heterocycles. The Morgan fingerprint density at radius 1 is 1.39 bits per heavy atom. The highest BCUT2D eigenvalue weighted by atomic mass is 19.4. The second-order valence-electron chi connectivity index (χ2n) is 4.93. The maximum Gasteiger partial charge on any atom is 0.406 e. The number of amides is 1. The SMILES string of the molecule is CCCN(CC(F)(F)F)C(=O)C1CCCC(C)N1. The lowest BCUT2D eigenvalue weighted by Crippen LogP contribution is -2.53. The van der Waals surface area contributed by atoms with Crippen LogP contribution in [0.25, 0.3) is 0 Å². The summed E-state index contributed by atoms with van der Waals surface area (Å²) in [4.78, 5) is 13.0. The van der Waals surface area contributed by atoms with Gasteiger partial charge in [-0.2, -0.15) is 13.2 Å². The predicted molar refractivity (Wildman–Crippen MR) is 63.2 cm³/mol. The molecule has 1 aliphatic heterocycles. The highest BCUT2D eigenvalue weighted by molar-refractivity contribution is 5.82. The van der Waals surface area contributed by atoms with Gasteiger partial charge in [0.15, 0.2) is 0 Å². The summed E-state index contributed by atoms with van der Waals surface area (Å²) >= 11 is 0. The fourth-order valence-corrected chi connectivity index (χ4v) is 2.31. The molecule has 0 aliphatic carbocycles. The van der Waals surface area contributed by atoms with Crippen LogP contribution in [0.1, 0.15) is 39.5 Å². The Kier molecular flexibility index (Phi) is 5.44. The lowest BCUT2D eigenvalue weighted by atomic mass is 9.98. The van der Waals surface area contributed by atoms with Gasteiger partial charge in [0.2, 0.25) is 5.91 Å². The van der Waals surface area contributed by atoms with Gasteiger partial charge in [-0.1, -0.05) is 6.92 Å². The largest absolute Gasteiger partial charge is 0.406 e. The number of nitrogens with zero attached hydrogens (tertiary/aromatic N) is 1. The number of nitrogens with one attached hydrogen (secondary N) is 1. The lowest BCUT2D eigenvalue weighted by Gasteiger charge is -2.33. The molecular weight excluding hydrogens is 245 g/mol. The van der Waals surface area contributed by atoms with Crippen LogP contribution in [-0.2, 0) is 4.79 Å². The van der Waals surface area contributed by atoms with Crippen LogP contribution in [0.5, 0.6) is 0 Å². The second kappa shape index (κ2) is 6.41. The van der Waals surface area contributed by atoms with Gasteiger partial charge in [-0.15, -0.1) is 0 Å². The van der Waals surface area contributed by atoms with Crippen molar-refractivity contribution in [1.82, 2.24) is 10.2 Å². The molecule has 106 valence electrons. The molecule has 0 radical (unpaired) electrons. The quantitative estimate of drug-likeness (QED) is 0.847. The fraction of sp³-hybridized carbons (Fsp3) is 0.917. The van der Waals surface area contributed by atoms with E-state index in [1.807, 2.05) is 6.92 Å². The summed E-state index contributed by atoms with van der Waals surface area (Å²) in [6.07, 6.45) is -1.32. The van der Waals surface area contributed by atoms with Crippen LogP contribution in [0.15, 0.2) is 0 Å². The smallest absolute Gasteiger partial charge is 0.332 e. The predicted octanol–water partition coefficient (Wildman–Crippen LogP) is 2.32. The molecule has 0 aromatic carbocycles. The fourth-order valence-electron chi connectivity index (χ4n) is 2.31. The van der Waals surface area contributed by atoms with E-state index in [0.29, 0.717) is 12.8 Å². The Balaban J connectivity index is 2.63. The molecule has 1 N–H and O–H groups in total. The zero-order chi connectivity index (χ0) is 13.8. The first-order valence-corrected chi connectivity index (χ1v) is 6.45. The number of carbonyl (C=O) groups excluding carboxylic acids is 1. The zero-order valence-corrected chi connectivity index (χ0v) is 10.9. The number of rotatable bonds is 4. The van der Waals surface area contributed by atoms with E-state index in [4.69, 9.17) is 0 Å². The van der Waals surface area contributed by atoms with Crippen molar-refractivity contribution >= 4 is 5.91 Å².